The van der Waals surface area contributed by atoms with Gasteiger partial charge in [0.2, 0.25) is 6.29 Å². The third-order valence-corrected chi connectivity index (χ3v) is 2.19. The number of nitrogens with one attached hydrogen (secondary N) is 1. The Balaban J connectivity index is 2.29. The lowest BCUT2D eigenvalue weighted by Gasteiger charge is -2.06. The largest absolute Gasteiger partial charge is 0.484 e. The van der Waals surface area contributed by atoms with Gasteiger partial charge in [0, 0.05) is 12.1 Å². The monoisotopic (exact) mass is 234 g/mol. The van der Waals surface area contributed by atoms with Gasteiger partial charge in [-0.2, -0.15) is 0 Å². The Morgan fingerprint density at radius 3 is 2.65 bits per heavy atom. The number of hydrogen-bond acceptors (Lipinski definition) is 3. The molecule has 0 bridgehead atoms. The molecule has 4 nitrogen and oxygen atoms in total. The van der Waals surface area contributed by atoms with E-state index in [1.165, 1.54) is 0 Å². The molecule has 0 atom stereocenters. The second-order valence-electron chi connectivity index (χ2n) is 3.62. The summed E-state index contributed by atoms with van der Waals surface area (Å²) in [5.41, 5.74) is 0.463. The van der Waals surface area contributed by atoms with Crippen molar-refractivity contribution in [2.45, 2.75) is 19.8 Å². The first-order valence-electron chi connectivity index (χ1n) is 5.64. The lowest BCUT2D eigenvalue weighted by atomic mass is 10.2. The number of carbonyl (C=O) groups is 1. The first kappa shape index (κ1) is 13.2. The molecule has 91 valence electrons. The number of amides is 1. The molecule has 1 N–H and O–H groups in total. The summed E-state index contributed by atoms with van der Waals surface area (Å²) in [5.74, 6) is 0.430. The van der Waals surface area contributed by atoms with E-state index in [0.717, 1.165) is 12.8 Å². The van der Waals surface area contributed by atoms with Crippen molar-refractivity contribution in [1.82, 2.24) is 5.32 Å². The molecule has 1 radical (unpaired) electrons. The minimum absolute atomic E-state index is 0.00609. The molecule has 0 spiro atoms. The fraction of sp³-hybridized carbons (Fsp3) is 0.385. The van der Waals surface area contributed by atoms with Gasteiger partial charge in [-0.05, 0) is 30.7 Å². The van der Waals surface area contributed by atoms with Crippen molar-refractivity contribution in [3.8, 4) is 5.75 Å². The number of rotatable bonds is 7. The fourth-order valence-electron chi connectivity index (χ4n) is 1.22. The third-order valence-electron chi connectivity index (χ3n) is 2.19. The molecular weight excluding hydrogens is 218 g/mol. The molecule has 0 saturated carbocycles. The smallest absolute Gasteiger partial charge is 0.257 e. The number of unbranched alkanes of at least 4 members (excludes halogenated alkanes) is 1. The molecule has 1 aromatic rings. The van der Waals surface area contributed by atoms with Gasteiger partial charge in [-0.3, -0.25) is 9.59 Å². The van der Waals surface area contributed by atoms with E-state index in [-0.39, 0.29) is 12.5 Å². The second kappa shape index (κ2) is 7.44. The highest BCUT2D eigenvalue weighted by Crippen LogP contribution is 2.10. The Labute approximate surface area is 101 Å². The van der Waals surface area contributed by atoms with Crippen LogP contribution in [0.5, 0.6) is 5.75 Å². The molecule has 1 amide bonds. The Hall–Kier alpha value is -1.84. The first-order valence-corrected chi connectivity index (χ1v) is 5.64. The zero-order valence-electron chi connectivity index (χ0n) is 9.86. The van der Waals surface area contributed by atoms with Gasteiger partial charge in [0.25, 0.3) is 5.91 Å². The lowest BCUT2D eigenvalue weighted by molar-refractivity contribution is -0.123. The zero-order valence-corrected chi connectivity index (χ0v) is 9.86. The molecule has 0 fully saturated rings. The maximum absolute atomic E-state index is 11.3. The summed E-state index contributed by atoms with van der Waals surface area (Å²) in [6, 6.07) is 6.47. The maximum atomic E-state index is 11.3. The summed E-state index contributed by atoms with van der Waals surface area (Å²) in [7, 11) is 0. The number of ether oxygens (including phenoxy) is 1. The van der Waals surface area contributed by atoms with Crippen LogP contribution in [0.4, 0.5) is 0 Å². The van der Waals surface area contributed by atoms with Crippen LogP contribution in [-0.4, -0.2) is 25.3 Å². The molecule has 0 heterocycles. The van der Waals surface area contributed by atoms with Gasteiger partial charge >= 0.3 is 0 Å². The average molecular weight is 234 g/mol. The summed E-state index contributed by atoms with van der Waals surface area (Å²) in [6.45, 7) is 2.74. The summed E-state index contributed by atoms with van der Waals surface area (Å²) in [6.07, 6.45) is 3.78. The van der Waals surface area contributed by atoms with Crippen LogP contribution in [0.15, 0.2) is 24.3 Å². The zero-order chi connectivity index (χ0) is 12.5. The Morgan fingerprint density at radius 1 is 1.35 bits per heavy atom. The molecule has 17 heavy (non-hydrogen) atoms. The van der Waals surface area contributed by atoms with Crippen LogP contribution in [0.3, 0.4) is 0 Å². The highest BCUT2D eigenvalue weighted by atomic mass is 16.5. The summed E-state index contributed by atoms with van der Waals surface area (Å²) >= 11 is 0. The van der Waals surface area contributed by atoms with Crippen molar-refractivity contribution in [2.24, 2.45) is 0 Å². The van der Waals surface area contributed by atoms with E-state index in [2.05, 4.69) is 12.2 Å². The normalized spacial score (nSPS) is 9.71. The number of benzene rings is 1. The van der Waals surface area contributed by atoms with Crippen LogP contribution >= 0.6 is 0 Å². The van der Waals surface area contributed by atoms with E-state index >= 15 is 0 Å². The Bertz CT molecular complexity index is 359. The summed E-state index contributed by atoms with van der Waals surface area (Å²) < 4.78 is 5.26. The SMILES string of the molecule is CCCCNC(=O)COc1ccc([C]=O)cc1. The maximum Gasteiger partial charge on any atom is 0.257 e. The molecule has 4 heteroatoms. The van der Waals surface area contributed by atoms with Crippen molar-refractivity contribution in [3.63, 3.8) is 0 Å². The molecule has 1 rings (SSSR count). The molecule has 0 aromatic heterocycles. The molecular formula is C13H16NO3. The van der Waals surface area contributed by atoms with Gasteiger partial charge in [-0.25, -0.2) is 0 Å². The van der Waals surface area contributed by atoms with Gasteiger partial charge < -0.3 is 10.1 Å². The Kier molecular flexibility index (Phi) is 5.79. The quantitative estimate of drug-likeness (QED) is 0.726. The number of carbonyl (C=O) groups excluding carboxylic acids is 2. The van der Waals surface area contributed by atoms with Crippen LogP contribution in [0, 0.1) is 0 Å². The summed E-state index contributed by atoms with van der Waals surface area (Å²) in [4.78, 5) is 21.6. The molecule has 0 saturated heterocycles. The molecule has 0 aliphatic carbocycles. The van der Waals surface area contributed by atoms with E-state index in [1.54, 1.807) is 30.6 Å². The van der Waals surface area contributed by atoms with E-state index in [9.17, 15) is 9.59 Å². The standard InChI is InChI=1S/C13H16NO3/c1-2-3-8-14-13(16)10-17-12-6-4-11(9-15)5-7-12/h4-7H,2-3,8,10H2,1H3,(H,14,16). The van der Waals surface area contributed by atoms with Crippen LogP contribution in [-0.2, 0) is 9.59 Å². The fourth-order valence-corrected chi connectivity index (χ4v) is 1.22. The predicted molar refractivity (Wildman–Crippen MR) is 64.7 cm³/mol. The predicted octanol–water partition coefficient (Wildman–Crippen LogP) is 1.44. The van der Waals surface area contributed by atoms with Gasteiger partial charge in [0.05, 0.1) is 0 Å². The van der Waals surface area contributed by atoms with Crippen LogP contribution in [0.25, 0.3) is 0 Å². The molecule has 0 unspecified atom stereocenters. The van der Waals surface area contributed by atoms with Crippen molar-refractivity contribution >= 4 is 12.2 Å². The van der Waals surface area contributed by atoms with Crippen molar-refractivity contribution in [3.05, 3.63) is 29.8 Å². The molecule has 1 aromatic carbocycles. The first-order chi connectivity index (χ1) is 8.26. The molecule has 0 aliphatic heterocycles. The summed E-state index contributed by atoms with van der Waals surface area (Å²) in [5, 5.41) is 2.75. The van der Waals surface area contributed by atoms with Crippen LogP contribution in [0.2, 0.25) is 0 Å². The van der Waals surface area contributed by atoms with E-state index in [4.69, 9.17) is 4.74 Å². The average Bonchev–Trinajstić information content (AvgIpc) is 2.37. The van der Waals surface area contributed by atoms with E-state index in [0.29, 0.717) is 17.9 Å². The van der Waals surface area contributed by atoms with Gasteiger partial charge in [0.15, 0.2) is 6.61 Å². The van der Waals surface area contributed by atoms with Gasteiger partial charge in [-0.15, -0.1) is 0 Å². The van der Waals surface area contributed by atoms with Gasteiger partial charge in [0.1, 0.15) is 5.75 Å². The lowest BCUT2D eigenvalue weighted by Crippen LogP contribution is -2.29. The van der Waals surface area contributed by atoms with Crippen LogP contribution < -0.4 is 10.1 Å². The van der Waals surface area contributed by atoms with Gasteiger partial charge in [-0.1, -0.05) is 13.3 Å². The van der Waals surface area contributed by atoms with E-state index < -0.39 is 0 Å². The molecule has 0 aliphatic rings. The minimum Gasteiger partial charge on any atom is -0.484 e. The van der Waals surface area contributed by atoms with Crippen molar-refractivity contribution in [1.29, 1.82) is 0 Å². The topological polar surface area (TPSA) is 55.4 Å². The van der Waals surface area contributed by atoms with Crippen molar-refractivity contribution in [2.75, 3.05) is 13.2 Å². The van der Waals surface area contributed by atoms with Crippen molar-refractivity contribution < 1.29 is 14.3 Å². The van der Waals surface area contributed by atoms with Crippen LogP contribution in [0.1, 0.15) is 25.3 Å². The Morgan fingerprint density at radius 2 is 2.06 bits per heavy atom. The minimum atomic E-state index is -0.135. The highest BCUT2D eigenvalue weighted by molar-refractivity contribution is 5.77. The number of hydrogen-bond donors (Lipinski definition) is 1. The third kappa shape index (κ3) is 5.15. The highest BCUT2D eigenvalue weighted by Gasteiger charge is 2.01. The second-order valence-corrected chi connectivity index (χ2v) is 3.62. The van der Waals surface area contributed by atoms with E-state index in [1.807, 2.05) is 0 Å².